The molecule has 3 nitrogen and oxygen atoms in total. The maximum absolute atomic E-state index is 12.1. The molecule has 0 aliphatic rings. The summed E-state index contributed by atoms with van der Waals surface area (Å²) in [7, 11) is 0. The Hall–Kier alpha value is -1.25. The molecule has 0 saturated heterocycles. The van der Waals surface area contributed by atoms with E-state index in [2.05, 4.69) is 44.3 Å². The van der Waals surface area contributed by atoms with E-state index in [1.807, 2.05) is 37.3 Å². The predicted molar refractivity (Wildman–Crippen MR) is 100 cm³/mol. The molecular weight excluding hydrogens is 427 g/mol. The van der Waals surface area contributed by atoms with Crippen LogP contribution in [0, 0.1) is 10.5 Å². The molecule has 0 fully saturated rings. The number of carbonyl (C=O) groups is 1. The summed E-state index contributed by atoms with van der Waals surface area (Å²) in [6.45, 7) is 2.54. The average Bonchev–Trinajstić information content (AvgIpc) is 3.14. The number of benzene rings is 1. The molecule has 22 heavy (non-hydrogen) atoms. The molecule has 0 radical (unpaired) electrons. The molecule has 3 rings (SSSR count). The van der Waals surface area contributed by atoms with E-state index >= 15 is 0 Å². The second kappa shape index (κ2) is 6.89. The Labute approximate surface area is 150 Å². The van der Waals surface area contributed by atoms with Crippen LogP contribution in [0.15, 0.2) is 41.8 Å². The van der Waals surface area contributed by atoms with E-state index in [1.165, 1.54) is 0 Å². The molecule has 0 aliphatic carbocycles. The van der Waals surface area contributed by atoms with Crippen molar-refractivity contribution in [3.05, 3.63) is 60.8 Å². The number of rotatable bonds is 4. The number of halogens is 1. The van der Waals surface area contributed by atoms with Gasteiger partial charge in [0.15, 0.2) is 0 Å². The molecule has 6 heteroatoms. The number of nitrogens with one attached hydrogen (secondary N) is 1. The van der Waals surface area contributed by atoms with Gasteiger partial charge in [0, 0.05) is 19.4 Å². The maximum Gasteiger partial charge on any atom is 0.251 e. The van der Waals surface area contributed by atoms with Crippen molar-refractivity contribution in [2.24, 2.45) is 0 Å². The van der Waals surface area contributed by atoms with Gasteiger partial charge in [-0.1, -0.05) is 0 Å². The van der Waals surface area contributed by atoms with Crippen LogP contribution >= 0.6 is 45.3 Å². The van der Waals surface area contributed by atoms with Gasteiger partial charge in [0.1, 0.15) is 0 Å². The first-order valence-electron chi connectivity index (χ1n) is 6.67. The second-order valence-electron chi connectivity index (χ2n) is 4.71. The molecule has 0 aliphatic heterocycles. The summed E-state index contributed by atoms with van der Waals surface area (Å²) in [6.07, 6.45) is 0. The van der Waals surface area contributed by atoms with Crippen molar-refractivity contribution >= 4 is 51.2 Å². The van der Waals surface area contributed by atoms with Crippen molar-refractivity contribution < 1.29 is 4.79 Å². The van der Waals surface area contributed by atoms with E-state index in [-0.39, 0.29) is 5.91 Å². The van der Waals surface area contributed by atoms with Gasteiger partial charge in [-0.25, -0.2) is 4.98 Å². The SMILES string of the molecule is Cc1nc(-c2ccc(CNC(=O)c3ccc(I)cc3)s2)cs1. The van der Waals surface area contributed by atoms with Gasteiger partial charge in [-0.15, -0.1) is 22.7 Å². The number of thiazole rings is 1. The van der Waals surface area contributed by atoms with Crippen molar-refractivity contribution in [2.75, 3.05) is 0 Å². The molecule has 112 valence electrons. The van der Waals surface area contributed by atoms with Gasteiger partial charge in [-0.3, -0.25) is 4.79 Å². The molecule has 0 unspecified atom stereocenters. The zero-order chi connectivity index (χ0) is 15.5. The smallest absolute Gasteiger partial charge is 0.251 e. The summed E-state index contributed by atoms with van der Waals surface area (Å²) < 4.78 is 1.12. The topological polar surface area (TPSA) is 42.0 Å². The van der Waals surface area contributed by atoms with E-state index in [9.17, 15) is 4.79 Å². The van der Waals surface area contributed by atoms with Gasteiger partial charge < -0.3 is 5.32 Å². The Morgan fingerprint density at radius 2 is 2.00 bits per heavy atom. The Morgan fingerprint density at radius 1 is 1.23 bits per heavy atom. The highest BCUT2D eigenvalue weighted by atomic mass is 127. The average molecular weight is 440 g/mol. The summed E-state index contributed by atoms with van der Waals surface area (Å²) >= 11 is 5.54. The van der Waals surface area contributed by atoms with Crippen LogP contribution in [0.4, 0.5) is 0 Å². The molecule has 2 heterocycles. The Kier molecular flexibility index (Phi) is 4.90. The molecule has 1 amide bonds. The minimum Gasteiger partial charge on any atom is -0.347 e. The highest BCUT2D eigenvalue weighted by molar-refractivity contribution is 14.1. The number of hydrogen-bond acceptors (Lipinski definition) is 4. The molecular formula is C16H13IN2OS2. The minimum atomic E-state index is -0.0455. The van der Waals surface area contributed by atoms with Crippen molar-refractivity contribution in [2.45, 2.75) is 13.5 Å². The lowest BCUT2D eigenvalue weighted by atomic mass is 10.2. The Bertz CT molecular complexity index is 793. The number of aryl methyl sites for hydroxylation is 1. The molecule has 1 N–H and O–H groups in total. The first kappa shape index (κ1) is 15.6. The Morgan fingerprint density at radius 3 is 2.68 bits per heavy atom. The number of aromatic nitrogens is 1. The van der Waals surface area contributed by atoms with Gasteiger partial charge in [-0.2, -0.15) is 0 Å². The van der Waals surface area contributed by atoms with Crippen LogP contribution in [-0.4, -0.2) is 10.9 Å². The highest BCUT2D eigenvalue weighted by Gasteiger charge is 2.08. The van der Waals surface area contributed by atoms with Gasteiger partial charge in [0.2, 0.25) is 0 Å². The normalized spacial score (nSPS) is 10.6. The quantitative estimate of drug-likeness (QED) is 0.597. The number of nitrogens with zero attached hydrogens (tertiary/aromatic N) is 1. The fourth-order valence-electron chi connectivity index (χ4n) is 1.96. The summed E-state index contributed by atoms with van der Waals surface area (Å²) in [5.74, 6) is -0.0455. The van der Waals surface area contributed by atoms with Crippen LogP contribution in [0.1, 0.15) is 20.2 Å². The van der Waals surface area contributed by atoms with Gasteiger partial charge >= 0.3 is 0 Å². The molecule has 1 aromatic carbocycles. The number of thiophene rings is 1. The zero-order valence-corrected chi connectivity index (χ0v) is 15.6. The lowest BCUT2D eigenvalue weighted by Crippen LogP contribution is -2.22. The van der Waals surface area contributed by atoms with Gasteiger partial charge in [-0.05, 0) is 65.9 Å². The highest BCUT2D eigenvalue weighted by Crippen LogP contribution is 2.28. The van der Waals surface area contributed by atoms with E-state index < -0.39 is 0 Å². The third-order valence-corrected chi connectivity index (χ3v) is 5.66. The largest absolute Gasteiger partial charge is 0.347 e. The van der Waals surface area contributed by atoms with E-state index in [4.69, 9.17) is 0 Å². The number of amides is 1. The van der Waals surface area contributed by atoms with Gasteiger partial charge in [0.25, 0.3) is 5.91 Å². The fourth-order valence-corrected chi connectivity index (χ4v) is 3.91. The van der Waals surface area contributed by atoms with Crippen molar-refractivity contribution in [3.63, 3.8) is 0 Å². The van der Waals surface area contributed by atoms with E-state index in [0.717, 1.165) is 24.0 Å². The van der Waals surface area contributed by atoms with Crippen LogP contribution in [0.2, 0.25) is 0 Å². The van der Waals surface area contributed by atoms with E-state index in [0.29, 0.717) is 12.1 Å². The van der Waals surface area contributed by atoms with Crippen LogP contribution in [0.5, 0.6) is 0 Å². The second-order valence-corrected chi connectivity index (χ2v) is 8.18. The van der Waals surface area contributed by atoms with Crippen LogP contribution in [-0.2, 0) is 6.54 Å². The monoisotopic (exact) mass is 440 g/mol. The van der Waals surface area contributed by atoms with Gasteiger partial charge in [0.05, 0.1) is 22.1 Å². The number of carbonyl (C=O) groups excluding carboxylic acids is 1. The standard InChI is InChI=1S/C16H13IN2OS2/c1-10-19-14(9-21-10)15-7-6-13(22-15)8-18-16(20)11-2-4-12(17)5-3-11/h2-7,9H,8H2,1H3,(H,18,20). The minimum absolute atomic E-state index is 0.0455. The molecule has 3 aromatic rings. The molecule has 0 bridgehead atoms. The summed E-state index contributed by atoms with van der Waals surface area (Å²) in [5, 5.41) is 6.09. The first-order chi connectivity index (χ1) is 10.6. The Balaban J connectivity index is 1.63. The van der Waals surface area contributed by atoms with Crippen LogP contribution in [0.3, 0.4) is 0 Å². The third-order valence-electron chi connectivity index (χ3n) is 3.06. The summed E-state index contributed by atoms with van der Waals surface area (Å²) in [6, 6.07) is 11.7. The zero-order valence-electron chi connectivity index (χ0n) is 11.8. The maximum atomic E-state index is 12.1. The predicted octanol–water partition coefficient (Wildman–Crippen LogP) is 4.71. The van der Waals surface area contributed by atoms with Crippen LogP contribution < -0.4 is 5.32 Å². The summed E-state index contributed by atoms with van der Waals surface area (Å²) in [4.78, 5) is 18.8. The van der Waals surface area contributed by atoms with E-state index in [1.54, 1.807) is 22.7 Å². The van der Waals surface area contributed by atoms with Crippen LogP contribution in [0.25, 0.3) is 10.6 Å². The molecule has 0 atom stereocenters. The lowest BCUT2D eigenvalue weighted by molar-refractivity contribution is 0.0951. The molecule has 0 saturated carbocycles. The van der Waals surface area contributed by atoms with Crippen molar-refractivity contribution in [1.29, 1.82) is 0 Å². The molecule has 2 aromatic heterocycles. The third kappa shape index (κ3) is 3.74. The first-order valence-corrected chi connectivity index (χ1v) is 9.44. The number of hydrogen-bond donors (Lipinski definition) is 1. The fraction of sp³-hybridized carbons (Fsp3) is 0.125. The van der Waals surface area contributed by atoms with Crippen molar-refractivity contribution in [3.8, 4) is 10.6 Å². The summed E-state index contributed by atoms with van der Waals surface area (Å²) in [5.41, 5.74) is 1.70. The van der Waals surface area contributed by atoms with Crippen molar-refractivity contribution in [1.82, 2.24) is 10.3 Å². The molecule has 0 spiro atoms. The lowest BCUT2D eigenvalue weighted by Gasteiger charge is -2.03.